The molecule has 0 heterocycles. The molecule has 1 saturated carbocycles. The van der Waals surface area contributed by atoms with Gasteiger partial charge in [-0.05, 0) is 35.4 Å². The van der Waals surface area contributed by atoms with Crippen LogP contribution in [-0.4, -0.2) is 23.7 Å². The maximum Gasteiger partial charge on any atom is 0.385 e. The largest absolute Gasteiger partial charge is 0.399 e. The third-order valence-electron chi connectivity index (χ3n) is 3.73. The van der Waals surface area contributed by atoms with E-state index < -0.39 is 23.7 Å². The number of halogens is 8. The van der Waals surface area contributed by atoms with Crippen LogP contribution in [0.25, 0.3) is 11.1 Å². The van der Waals surface area contributed by atoms with Crippen LogP contribution < -0.4 is 11.5 Å². The molecule has 142 valence electrons. The first-order valence-electron chi connectivity index (χ1n) is 6.98. The highest BCUT2D eigenvalue weighted by Gasteiger charge is 3.01. The fraction of sp³-hybridized carbons (Fsp3) is 0.250. The van der Waals surface area contributed by atoms with Crippen molar-refractivity contribution < 1.29 is 35.1 Å². The maximum absolute atomic E-state index is 11.6. The number of hydrogen-bond acceptors (Lipinski definition) is 2. The first-order chi connectivity index (χ1) is 11.8. The number of nitrogen functional groups attached to an aromatic ring is 2. The number of hydrogen-bond donors (Lipinski definition) is 2. The lowest BCUT2D eigenvalue weighted by atomic mass is 9.80. The van der Waals surface area contributed by atoms with Crippen molar-refractivity contribution in [3.05, 3.63) is 48.5 Å². The van der Waals surface area contributed by atoms with Crippen molar-refractivity contribution in [2.45, 2.75) is 23.7 Å². The van der Waals surface area contributed by atoms with E-state index in [1.165, 1.54) is 0 Å². The Bertz CT molecular complexity index is 662. The van der Waals surface area contributed by atoms with E-state index in [9.17, 15) is 35.1 Å². The summed E-state index contributed by atoms with van der Waals surface area (Å²) in [4.78, 5) is 0. The van der Waals surface area contributed by atoms with Crippen LogP contribution in [0.5, 0.6) is 0 Å². The van der Waals surface area contributed by atoms with Crippen molar-refractivity contribution >= 4 is 11.4 Å². The molecule has 2 aromatic rings. The molecule has 0 saturated heterocycles. The Morgan fingerprint density at radius 3 is 0.808 bits per heavy atom. The van der Waals surface area contributed by atoms with Crippen LogP contribution in [0.2, 0.25) is 0 Å². The van der Waals surface area contributed by atoms with E-state index in [4.69, 9.17) is 11.5 Å². The standard InChI is InChI=1S/C12H12N2.C4F8/c13-11-5-1-9(2-6-11)10-3-7-12(14)8-4-10;5-1(6)2(7,8)4(11,12)3(1,9)10/h1-8H,13-14H2;. The van der Waals surface area contributed by atoms with E-state index in [1.807, 2.05) is 48.5 Å². The number of anilines is 2. The minimum Gasteiger partial charge on any atom is -0.399 e. The Morgan fingerprint density at radius 1 is 0.423 bits per heavy atom. The Hall–Kier alpha value is -2.52. The molecule has 3 rings (SSSR count). The van der Waals surface area contributed by atoms with Crippen LogP contribution in [0.4, 0.5) is 46.5 Å². The predicted octanol–water partition coefficient (Wildman–Crippen LogP) is 5.06. The molecule has 26 heavy (non-hydrogen) atoms. The van der Waals surface area contributed by atoms with E-state index in [0.717, 1.165) is 22.5 Å². The van der Waals surface area contributed by atoms with Crippen LogP contribution in [0.3, 0.4) is 0 Å². The highest BCUT2D eigenvalue weighted by atomic mass is 19.4. The molecular weight excluding hydrogens is 372 g/mol. The van der Waals surface area contributed by atoms with Crippen LogP contribution in [0.15, 0.2) is 48.5 Å². The summed E-state index contributed by atoms with van der Waals surface area (Å²) in [7, 11) is 0. The molecule has 0 amide bonds. The smallest absolute Gasteiger partial charge is 0.385 e. The minimum atomic E-state index is -5.97. The fourth-order valence-corrected chi connectivity index (χ4v) is 2.08. The summed E-state index contributed by atoms with van der Waals surface area (Å²) >= 11 is 0. The van der Waals surface area contributed by atoms with E-state index >= 15 is 0 Å². The van der Waals surface area contributed by atoms with Gasteiger partial charge in [0, 0.05) is 11.4 Å². The second kappa shape index (κ2) is 6.03. The summed E-state index contributed by atoms with van der Waals surface area (Å²) < 4.78 is 92.9. The van der Waals surface area contributed by atoms with Crippen molar-refractivity contribution in [1.29, 1.82) is 0 Å². The zero-order chi connectivity index (χ0) is 20.0. The van der Waals surface area contributed by atoms with Crippen molar-refractivity contribution in [3.8, 4) is 11.1 Å². The Labute approximate surface area is 142 Å². The van der Waals surface area contributed by atoms with Crippen molar-refractivity contribution in [2.75, 3.05) is 11.5 Å². The zero-order valence-corrected chi connectivity index (χ0v) is 12.8. The third kappa shape index (κ3) is 2.73. The minimum absolute atomic E-state index is 0.782. The lowest BCUT2D eigenvalue weighted by Crippen LogP contribution is -2.82. The van der Waals surface area contributed by atoms with Gasteiger partial charge in [-0.3, -0.25) is 0 Å². The van der Waals surface area contributed by atoms with Crippen molar-refractivity contribution in [3.63, 3.8) is 0 Å². The molecule has 1 aliphatic carbocycles. The summed E-state index contributed by atoms with van der Waals surface area (Å²) in [5.41, 5.74) is 15.1. The van der Waals surface area contributed by atoms with E-state index in [-0.39, 0.29) is 0 Å². The monoisotopic (exact) mass is 384 g/mol. The van der Waals surface area contributed by atoms with Gasteiger partial charge in [0.15, 0.2) is 0 Å². The van der Waals surface area contributed by atoms with Crippen molar-refractivity contribution in [1.82, 2.24) is 0 Å². The molecular formula is C16H12F8N2. The first-order valence-corrected chi connectivity index (χ1v) is 6.98. The lowest BCUT2D eigenvalue weighted by molar-refractivity contribution is -0.506. The number of nitrogens with two attached hydrogens (primary N) is 2. The lowest BCUT2D eigenvalue weighted by Gasteiger charge is -2.49. The molecule has 0 spiro atoms. The van der Waals surface area contributed by atoms with E-state index in [1.54, 1.807) is 0 Å². The molecule has 0 atom stereocenters. The molecule has 10 heteroatoms. The van der Waals surface area contributed by atoms with Gasteiger partial charge in [-0.2, -0.15) is 35.1 Å². The molecule has 0 aliphatic heterocycles. The van der Waals surface area contributed by atoms with Gasteiger partial charge in [0.25, 0.3) is 0 Å². The van der Waals surface area contributed by atoms with Gasteiger partial charge in [-0.15, -0.1) is 0 Å². The second-order valence-corrected chi connectivity index (χ2v) is 5.54. The summed E-state index contributed by atoms with van der Waals surface area (Å²) in [6, 6.07) is 15.6. The second-order valence-electron chi connectivity index (χ2n) is 5.54. The molecule has 2 nitrogen and oxygen atoms in total. The van der Waals surface area contributed by atoms with Crippen LogP contribution in [0.1, 0.15) is 0 Å². The molecule has 0 aromatic heterocycles. The Morgan fingerprint density at radius 2 is 0.615 bits per heavy atom. The van der Waals surface area contributed by atoms with Gasteiger partial charge in [0.05, 0.1) is 0 Å². The topological polar surface area (TPSA) is 52.0 Å². The van der Waals surface area contributed by atoms with Gasteiger partial charge in [-0.25, -0.2) is 0 Å². The SMILES string of the molecule is FC1(F)C(F)(F)C(F)(F)C1(F)F.Nc1ccc(-c2ccc(N)cc2)cc1. The van der Waals surface area contributed by atoms with E-state index in [0.29, 0.717) is 0 Å². The average Bonchev–Trinajstić information content (AvgIpc) is 2.56. The molecule has 0 unspecified atom stereocenters. The quantitative estimate of drug-likeness (QED) is 0.534. The molecule has 1 fully saturated rings. The van der Waals surface area contributed by atoms with Gasteiger partial charge in [0.1, 0.15) is 0 Å². The normalized spacial score (nSPS) is 21.1. The van der Waals surface area contributed by atoms with Gasteiger partial charge in [0.2, 0.25) is 0 Å². The van der Waals surface area contributed by atoms with Crippen LogP contribution >= 0.6 is 0 Å². The highest BCUT2D eigenvalue weighted by Crippen LogP contribution is 2.69. The van der Waals surface area contributed by atoms with Gasteiger partial charge >= 0.3 is 23.7 Å². The van der Waals surface area contributed by atoms with Crippen LogP contribution in [-0.2, 0) is 0 Å². The molecule has 0 radical (unpaired) electrons. The summed E-state index contributed by atoms with van der Waals surface area (Å²) in [6.07, 6.45) is 0. The number of benzene rings is 2. The Balaban J connectivity index is 0.000000190. The molecule has 2 aromatic carbocycles. The maximum atomic E-state index is 11.6. The summed E-state index contributed by atoms with van der Waals surface area (Å²) in [6.45, 7) is 0. The van der Waals surface area contributed by atoms with Crippen molar-refractivity contribution in [2.24, 2.45) is 0 Å². The molecule has 0 bridgehead atoms. The van der Waals surface area contributed by atoms with Gasteiger partial charge in [-0.1, -0.05) is 24.3 Å². The Kier molecular flexibility index (Phi) is 4.59. The predicted molar refractivity (Wildman–Crippen MR) is 80.5 cm³/mol. The van der Waals surface area contributed by atoms with Crippen LogP contribution in [0, 0.1) is 0 Å². The number of rotatable bonds is 1. The highest BCUT2D eigenvalue weighted by molar-refractivity contribution is 5.67. The van der Waals surface area contributed by atoms with Gasteiger partial charge < -0.3 is 11.5 Å². The summed E-state index contributed by atoms with van der Waals surface area (Å²) in [5.74, 6) is -23.9. The fourth-order valence-electron chi connectivity index (χ4n) is 2.08. The molecule has 4 N–H and O–H groups in total. The average molecular weight is 384 g/mol. The first kappa shape index (κ1) is 19.8. The van der Waals surface area contributed by atoms with E-state index in [2.05, 4.69) is 0 Å². The number of alkyl halides is 8. The third-order valence-corrected chi connectivity index (χ3v) is 3.73. The molecule has 1 aliphatic rings. The zero-order valence-electron chi connectivity index (χ0n) is 12.8. The summed E-state index contributed by atoms with van der Waals surface area (Å²) in [5, 5.41) is 0.